The van der Waals surface area contributed by atoms with E-state index in [1.54, 1.807) is 6.07 Å². The monoisotopic (exact) mass is 435 g/mol. The van der Waals surface area contributed by atoms with Crippen LogP contribution in [0.5, 0.6) is 0 Å². The first-order valence-corrected chi connectivity index (χ1v) is 9.70. The lowest BCUT2D eigenvalue weighted by molar-refractivity contribution is 0.611. The quantitative estimate of drug-likeness (QED) is 0.531. The van der Waals surface area contributed by atoms with E-state index >= 15 is 0 Å². The maximum Gasteiger partial charge on any atom is 0.139 e. The Morgan fingerprint density at radius 1 is 1.04 bits per heavy atom. The molecule has 25 heavy (non-hydrogen) atoms. The Bertz CT molecular complexity index is 953. The Balaban J connectivity index is 1.91. The van der Waals surface area contributed by atoms with Crippen molar-refractivity contribution in [1.29, 1.82) is 0 Å². The molecule has 0 radical (unpaired) electrons. The van der Waals surface area contributed by atoms with Crippen LogP contribution in [0.2, 0.25) is 10.0 Å². The molecule has 1 aliphatic heterocycles. The predicted octanol–water partition coefficient (Wildman–Crippen LogP) is 5.82. The molecule has 0 amide bonds. The number of aromatic nitrogens is 2. The summed E-state index contributed by atoms with van der Waals surface area (Å²) in [6, 6.07) is 12.0. The van der Waals surface area contributed by atoms with E-state index in [4.69, 9.17) is 28.2 Å². The van der Waals surface area contributed by atoms with E-state index in [2.05, 4.69) is 50.5 Å². The minimum atomic E-state index is 0.565. The van der Waals surface area contributed by atoms with Crippen molar-refractivity contribution in [3.8, 4) is 0 Å². The Kier molecular flexibility index (Phi) is 4.87. The highest BCUT2D eigenvalue weighted by molar-refractivity contribution is 9.10. The number of imidazole rings is 1. The van der Waals surface area contributed by atoms with E-state index in [0.29, 0.717) is 10.0 Å². The average molecular weight is 437 g/mol. The lowest BCUT2D eigenvalue weighted by Gasteiger charge is -2.19. The first-order chi connectivity index (χ1) is 12.1. The number of aromatic amines is 1. The van der Waals surface area contributed by atoms with Gasteiger partial charge in [0.25, 0.3) is 0 Å². The SMILES string of the molecule is Clc1cc(Cl)c2nc(C(=C3CCNCC3)c3ccc(Br)cc3)[nH]c2c1. The van der Waals surface area contributed by atoms with Gasteiger partial charge in [-0.3, -0.25) is 0 Å². The van der Waals surface area contributed by atoms with Crippen LogP contribution < -0.4 is 5.32 Å². The molecule has 1 aromatic heterocycles. The van der Waals surface area contributed by atoms with Gasteiger partial charge in [0.05, 0.1) is 10.5 Å². The number of nitrogens with one attached hydrogen (secondary N) is 2. The number of hydrogen-bond donors (Lipinski definition) is 2. The molecule has 0 atom stereocenters. The highest BCUT2D eigenvalue weighted by Gasteiger charge is 2.18. The summed E-state index contributed by atoms with van der Waals surface area (Å²) in [5, 5.41) is 4.58. The van der Waals surface area contributed by atoms with Gasteiger partial charge in [0.1, 0.15) is 11.3 Å². The van der Waals surface area contributed by atoms with Crippen molar-refractivity contribution >= 4 is 55.7 Å². The summed E-state index contributed by atoms with van der Waals surface area (Å²) in [7, 11) is 0. The third kappa shape index (κ3) is 3.49. The lowest BCUT2D eigenvalue weighted by Crippen LogP contribution is -2.24. The van der Waals surface area contributed by atoms with Crippen molar-refractivity contribution in [1.82, 2.24) is 15.3 Å². The zero-order valence-electron chi connectivity index (χ0n) is 13.4. The molecule has 2 heterocycles. The predicted molar refractivity (Wildman–Crippen MR) is 108 cm³/mol. The van der Waals surface area contributed by atoms with Crippen LogP contribution in [0.15, 0.2) is 46.4 Å². The van der Waals surface area contributed by atoms with Crippen LogP contribution in [-0.4, -0.2) is 23.1 Å². The number of hydrogen-bond acceptors (Lipinski definition) is 2. The highest BCUT2D eigenvalue weighted by atomic mass is 79.9. The smallest absolute Gasteiger partial charge is 0.139 e. The first-order valence-electron chi connectivity index (χ1n) is 8.15. The highest BCUT2D eigenvalue weighted by Crippen LogP contribution is 2.33. The number of fused-ring (bicyclic) bond motifs is 1. The second-order valence-corrected chi connectivity index (χ2v) is 7.86. The molecule has 0 unspecified atom stereocenters. The van der Waals surface area contributed by atoms with Crippen molar-refractivity contribution in [2.45, 2.75) is 12.8 Å². The maximum absolute atomic E-state index is 6.33. The van der Waals surface area contributed by atoms with E-state index < -0.39 is 0 Å². The Labute approximate surface area is 164 Å². The second-order valence-electron chi connectivity index (χ2n) is 6.10. The van der Waals surface area contributed by atoms with Crippen LogP contribution in [-0.2, 0) is 0 Å². The van der Waals surface area contributed by atoms with Gasteiger partial charge in [-0.15, -0.1) is 0 Å². The van der Waals surface area contributed by atoms with Gasteiger partial charge in [0, 0.05) is 15.1 Å². The molecule has 3 nitrogen and oxygen atoms in total. The summed E-state index contributed by atoms with van der Waals surface area (Å²) in [5.41, 5.74) is 5.34. The molecule has 0 saturated carbocycles. The fraction of sp³-hybridized carbons (Fsp3) is 0.211. The van der Waals surface area contributed by atoms with E-state index in [0.717, 1.165) is 58.4 Å². The van der Waals surface area contributed by atoms with Crippen LogP contribution in [0.3, 0.4) is 0 Å². The normalized spacial score (nSPS) is 14.9. The van der Waals surface area contributed by atoms with Gasteiger partial charge in [-0.25, -0.2) is 4.98 Å². The Hall–Kier alpha value is -1.33. The van der Waals surface area contributed by atoms with Crippen LogP contribution in [0.1, 0.15) is 24.2 Å². The summed E-state index contributed by atoms with van der Waals surface area (Å²) in [6.07, 6.45) is 2.02. The average Bonchev–Trinajstić information content (AvgIpc) is 3.02. The molecule has 6 heteroatoms. The maximum atomic E-state index is 6.33. The fourth-order valence-corrected chi connectivity index (χ4v) is 4.06. The molecule has 1 saturated heterocycles. The molecule has 4 rings (SSSR count). The molecule has 1 fully saturated rings. The van der Waals surface area contributed by atoms with Crippen LogP contribution >= 0.6 is 39.1 Å². The first kappa shape index (κ1) is 17.1. The van der Waals surface area contributed by atoms with Gasteiger partial charge in [-0.05, 0) is 55.8 Å². The van der Waals surface area contributed by atoms with Crippen LogP contribution in [0, 0.1) is 0 Å². The fourth-order valence-electron chi connectivity index (χ4n) is 3.26. The van der Waals surface area contributed by atoms with Gasteiger partial charge in [0.2, 0.25) is 0 Å². The number of halogens is 3. The summed E-state index contributed by atoms with van der Waals surface area (Å²) >= 11 is 16.0. The van der Waals surface area contributed by atoms with E-state index in [1.165, 1.54) is 5.57 Å². The van der Waals surface area contributed by atoms with Gasteiger partial charge >= 0.3 is 0 Å². The van der Waals surface area contributed by atoms with Gasteiger partial charge in [-0.2, -0.15) is 0 Å². The Morgan fingerprint density at radius 2 is 1.76 bits per heavy atom. The molecule has 0 spiro atoms. The third-order valence-electron chi connectivity index (χ3n) is 4.44. The topological polar surface area (TPSA) is 40.7 Å². The molecular formula is C19H16BrCl2N3. The van der Waals surface area contributed by atoms with Crippen molar-refractivity contribution in [2.75, 3.05) is 13.1 Å². The summed E-state index contributed by atoms with van der Waals surface area (Å²) in [4.78, 5) is 8.21. The number of H-pyrrole nitrogens is 1. The van der Waals surface area contributed by atoms with Gasteiger partial charge < -0.3 is 10.3 Å². The largest absolute Gasteiger partial charge is 0.338 e. The second kappa shape index (κ2) is 7.12. The minimum absolute atomic E-state index is 0.565. The minimum Gasteiger partial charge on any atom is -0.338 e. The van der Waals surface area contributed by atoms with Crippen molar-refractivity contribution in [2.24, 2.45) is 0 Å². The number of rotatable bonds is 2. The molecular weight excluding hydrogens is 421 g/mol. The zero-order chi connectivity index (χ0) is 17.4. The summed E-state index contributed by atoms with van der Waals surface area (Å²) in [5.74, 6) is 0.846. The lowest BCUT2D eigenvalue weighted by atomic mass is 9.93. The number of nitrogens with zero attached hydrogens (tertiary/aromatic N) is 1. The molecule has 128 valence electrons. The Morgan fingerprint density at radius 3 is 2.48 bits per heavy atom. The van der Waals surface area contributed by atoms with Crippen LogP contribution in [0.25, 0.3) is 16.6 Å². The van der Waals surface area contributed by atoms with Gasteiger partial charge in [0.15, 0.2) is 0 Å². The van der Waals surface area contributed by atoms with E-state index in [-0.39, 0.29) is 0 Å². The van der Waals surface area contributed by atoms with Crippen molar-refractivity contribution in [3.63, 3.8) is 0 Å². The molecule has 3 aromatic rings. The van der Waals surface area contributed by atoms with Crippen LogP contribution in [0.4, 0.5) is 0 Å². The zero-order valence-corrected chi connectivity index (χ0v) is 16.5. The van der Waals surface area contributed by atoms with E-state index in [9.17, 15) is 0 Å². The van der Waals surface area contributed by atoms with Gasteiger partial charge in [-0.1, -0.05) is 56.8 Å². The molecule has 0 aliphatic carbocycles. The van der Waals surface area contributed by atoms with E-state index in [1.807, 2.05) is 6.07 Å². The van der Waals surface area contributed by atoms with Crippen molar-refractivity contribution < 1.29 is 0 Å². The molecule has 0 bridgehead atoms. The third-order valence-corrected chi connectivity index (χ3v) is 5.47. The molecule has 2 aromatic carbocycles. The standard InChI is InChI=1S/C19H16BrCl2N3/c20-13-3-1-11(2-4-13)17(12-5-7-23-8-6-12)19-24-16-10-14(21)9-15(22)18(16)25-19/h1-4,9-10,23H,5-8H2,(H,24,25). The summed E-state index contributed by atoms with van der Waals surface area (Å²) in [6.45, 7) is 1.98. The summed E-state index contributed by atoms with van der Waals surface area (Å²) < 4.78 is 1.06. The number of piperidine rings is 1. The number of benzene rings is 2. The molecule has 1 aliphatic rings. The van der Waals surface area contributed by atoms with Crippen molar-refractivity contribution in [3.05, 3.63) is 67.9 Å². The molecule has 2 N–H and O–H groups in total.